The van der Waals surface area contributed by atoms with E-state index in [1.165, 1.54) is 29.2 Å². The molecular weight excluding hydrogens is 323 g/mol. The number of halogens is 1. The number of anilines is 1. The number of carbonyl (C=O) groups is 2. The summed E-state index contributed by atoms with van der Waals surface area (Å²) in [5.41, 5.74) is 1.97. The summed E-state index contributed by atoms with van der Waals surface area (Å²) in [7, 11) is 0. The normalized spacial score (nSPS) is 14.6. The van der Waals surface area contributed by atoms with Crippen molar-refractivity contribution in [2.45, 2.75) is 6.92 Å². The van der Waals surface area contributed by atoms with Gasteiger partial charge in [-0.1, -0.05) is 17.7 Å². The predicted octanol–water partition coefficient (Wildman–Crippen LogP) is 2.39. The molecular formula is C19H19FN2O3. The van der Waals surface area contributed by atoms with Gasteiger partial charge in [0, 0.05) is 18.8 Å². The largest absolute Gasteiger partial charge is 0.484 e. The minimum Gasteiger partial charge on any atom is -0.484 e. The Bertz CT molecular complexity index is 759. The SMILES string of the molecule is Cc1ccc(N2CCN(C(=O)COc3ccc(F)cc3)CC2=O)cc1. The molecule has 0 N–H and O–H groups in total. The van der Waals surface area contributed by atoms with E-state index in [-0.39, 0.29) is 30.8 Å². The van der Waals surface area contributed by atoms with Crippen LogP contribution in [0.4, 0.5) is 10.1 Å². The highest BCUT2D eigenvalue weighted by Gasteiger charge is 2.28. The van der Waals surface area contributed by atoms with Crippen molar-refractivity contribution in [1.82, 2.24) is 4.90 Å². The summed E-state index contributed by atoms with van der Waals surface area (Å²) >= 11 is 0. The van der Waals surface area contributed by atoms with Crippen molar-refractivity contribution in [3.63, 3.8) is 0 Å². The zero-order chi connectivity index (χ0) is 17.8. The number of hydrogen-bond donors (Lipinski definition) is 0. The summed E-state index contributed by atoms with van der Waals surface area (Å²) in [5, 5.41) is 0. The van der Waals surface area contributed by atoms with E-state index in [0.717, 1.165) is 11.3 Å². The molecule has 1 aliphatic heterocycles. The highest BCUT2D eigenvalue weighted by molar-refractivity contribution is 5.98. The van der Waals surface area contributed by atoms with Crippen LogP contribution >= 0.6 is 0 Å². The standard InChI is InChI=1S/C19H19FN2O3/c1-14-2-6-16(7-3-14)22-11-10-21(12-18(22)23)19(24)13-25-17-8-4-15(20)5-9-17/h2-9H,10-13H2,1H3. The molecule has 3 rings (SSSR count). The van der Waals surface area contributed by atoms with Crippen LogP contribution in [0.15, 0.2) is 48.5 Å². The maximum Gasteiger partial charge on any atom is 0.261 e. The zero-order valence-electron chi connectivity index (χ0n) is 13.9. The summed E-state index contributed by atoms with van der Waals surface area (Å²) in [6.07, 6.45) is 0. The first-order chi connectivity index (χ1) is 12.0. The van der Waals surface area contributed by atoms with Crippen molar-refractivity contribution >= 4 is 17.5 Å². The number of ether oxygens (including phenoxy) is 1. The maximum atomic E-state index is 12.8. The van der Waals surface area contributed by atoms with E-state index in [2.05, 4.69) is 0 Å². The van der Waals surface area contributed by atoms with E-state index in [0.29, 0.717) is 18.8 Å². The molecule has 0 radical (unpaired) electrons. The van der Waals surface area contributed by atoms with Crippen LogP contribution in [0, 0.1) is 12.7 Å². The zero-order valence-corrected chi connectivity index (χ0v) is 13.9. The van der Waals surface area contributed by atoms with Crippen LogP contribution in [-0.4, -0.2) is 43.0 Å². The van der Waals surface area contributed by atoms with Gasteiger partial charge in [0.15, 0.2) is 6.61 Å². The van der Waals surface area contributed by atoms with Crippen LogP contribution in [0.1, 0.15) is 5.56 Å². The molecule has 25 heavy (non-hydrogen) atoms. The molecule has 0 saturated carbocycles. The monoisotopic (exact) mass is 342 g/mol. The minimum atomic E-state index is -0.364. The lowest BCUT2D eigenvalue weighted by atomic mass is 10.2. The minimum absolute atomic E-state index is 0.0273. The second kappa shape index (κ2) is 7.34. The Hall–Kier alpha value is -2.89. The highest BCUT2D eigenvalue weighted by Crippen LogP contribution is 2.18. The van der Waals surface area contributed by atoms with Gasteiger partial charge in [-0.2, -0.15) is 0 Å². The Labute approximate surface area is 145 Å². The van der Waals surface area contributed by atoms with Crippen LogP contribution in [0.2, 0.25) is 0 Å². The van der Waals surface area contributed by atoms with Gasteiger partial charge in [-0.05, 0) is 43.3 Å². The molecule has 130 valence electrons. The van der Waals surface area contributed by atoms with Gasteiger partial charge in [-0.3, -0.25) is 9.59 Å². The van der Waals surface area contributed by atoms with Gasteiger partial charge >= 0.3 is 0 Å². The van der Waals surface area contributed by atoms with Crippen LogP contribution < -0.4 is 9.64 Å². The van der Waals surface area contributed by atoms with Crippen molar-refractivity contribution in [2.75, 3.05) is 31.1 Å². The lowest BCUT2D eigenvalue weighted by Crippen LogP contribution is -2.53. The molecule has 1 heterocycles. The lowest BCUT2D eigenvalue weighted by molar-refractivity contribution is -0.138. The number of carbonyl (C=O) groups excluding carboxylic acids is 2. The molecule has 0 bridgehead atoms. The van der Waals surface area contributed by atoms with Crippen molar-refractivity contribution in [3.8, 4) is 5.75 Å². The number of piperazine rings is 1. The van der Waals surface area contributed by atoms with Gasteiger partial charge in [0.2, 0.25) is 5.91 Å². The number of aryl methyl sites for hydroxylation is 1. The molecule has 5 nitrogen and oxygen atoms in total. The highest BCUT2D eigenvalue weighted by atomic mass is 19.1. The van der Waals surface area contributed by atoms with Crippen molar-refractivity contribution in [3.05, 3.63) is 59.9 Å². The van der Waals surface area contributed by atoms with Crippen LogP contribution in [-0.2, 0) is 9.59 Å². The number of benzene rings is 2. The number of nitrogens with zero attached hydrogens (tertiary/aromatic N) is 2. The third-order valence-corrected chi connectivity index (χ3v) is 4.09. The van der Waals surface area contributed by atoms with Crippen molar-refractivity contribution < 1.29 is 18.7 Å². The van der Waals surface area contributed by atoms with Gasteiger partial charge in [-0.25, -0.2) is 4.39 Å². The fourth-order valence-electron chi connectivity index (χ4n) is 2.65. The van der Waals surface area contributed by atoms with Crippen LogP contribution in [0.3, 0.4) is 0 Å². The fraction of sp³-hybridized carbons (Fsp3) is 0.263. The van der Waals surface area contributed by atoms with E-state index >= 15 is 0 Å². The summed E-state index contributed by atoms with van der Waals surface area (Å²) in [6, 6.07) is 13.2. The molecule has 0 spiro atoms. The molecule has 2 amide bonds. The first-order valence-electron chi connectivity index (χ1n) is 8.06. The molecule has 0 unspecified atom stereocenters. The number of rotatable bonds is 4. The Morgan fingerprint density at radius 2 is 1.76 bits per heavy atom. The Balaban J connectivity index is 1.55. The smallest absolute Gasteiger partial charge is 0.261 e. The van der Waals surface area contributed by atoms with E-state index in [9.17, 15) is 14.0 Å². The summed E-state index contributed by atoms with van der Waals surface area (Å²) in [5.74, 6) is -0.331. The number of hydrogen-bond acceptors (Lipinski definition) is 3. The van der Waals surface area contributed by atoms with Gasteiger partial charge in [0.05, 0.1) is 0 Å². The first kappa shape index (κ1) is 17.0. The molecule has 2 aromatic carbocycles. The third kappa shape index (κ3) is 4.15. The van der Waals surface area contributed by atoms with Gasteiger partial charge < -0.3 is 14.5 Å². The van der Waals surface area contributed by atoms with E-state index in [1.54, 1.807) is 4.90 Å². The van der Waals surface area contributed by atoms with Gasteiger partial charge in [0.25, 0.3) is 5.91 Å². The Morgan fingerprint density at radius 3 is 2.40 bits per heavy atom. The van der Waals surface area contributed by atoms with Gasteiger partial charge in [-0.15, -0.1) is 0 Å². The summed E-state index contributed by atoms with van der Waals surface area (Å²) in [6.45, 7) is 2.74. The topological polar surface area (TPSA) is 49.9 Å². The second-order valence-corrected chi connectivity index (χ2v) is 5.94. The molecule has 1 aliphatic rings. The summed E-state index contributed by atoms with van der Waals surface area (Å²) in [4.78, 5) is 27.8. The first-order valence-corrected chi connectivity index (χ1v) is 8.06. The predicted molar refractivity (Wildman–Crippen MR) is 92.0 cm³/mol. The average Bonchev–Trinajstić information content (AvgIpc) is 2.62. The third-order valence-electron chi connectivity index (χ3n) is 4.09. The quantitative estimate of drug-likeness (QED) is 0.857. The Morgan fingerprint density at radius 1 is 1.08 bits per heavy atom. The fourth-order valence-corrected chi connectivity index (χ4v) is 2.65. The second-order valence-electron chi connectivity index (χ2n) is 5.94. The van der Waals surface area contributed by atoms with Gasteiger partial charge in [0.1, 0.15) is 18.1 Å². The molecule has 2 aromatic rings. The van der Waals surface area contributed by atoms with Crippen molar-refractivity contribution in [1.29, 1.82) is 0 Å². The summed E-state index contributed by atoms with van der Waals surface area (Å²) < 4.78 is 18.2. The molecule has 6 heteroatoms. The van der Waals surface area contributed by atoms with E-state index < -0.39 is 0 Å². The van der Waals surface area contributed by atoms with E-state index in [1.807, 2.05) is 31.2 Å². The molecule has 1 saturated heterocycles. The lowest BCUT2D eigenvalue weighted by Gasteiger charge is -2.34. The molecule has 0 aliphatic carbocycles. The van der Waals surface area contributed by atoms with Crippen molar-refractivity contribution in [2.24, 2.45) is 0 Å². The maximum absolute atomic E-state index is 12.8. The van der Waals surface area contributed by atoms with Crippen LogP contribution in [0.25, 0.3) is 0 Å². The number of amides is 2. The molecule has 1 fully saturated rings. The average molecular weight is 342 g/mol. The van der Waals surface area contributed by atoms with Crippen LogP contribution in [0.5, 0.6) is 5.75 Å². The Kier molecular flexibility index (Phi) is 4.97. The molecule has 0 aromatic heterocycles. The molecule has 0 atom stereocenters. The van der Waals surface area contributed by atoms with E-state index in [4.69, 9.17) is 4.74 Å².